The lowest BCUT2D eigenvalue weighted by atomic mass is 10.1. The van der Waals surface area contributed by atoms with Gasteiger partial charge in [0.05, 0.1) is 7.11 Å². The van der Waals surface area contributed by atoms with Crippen LogP contribution in [0.2, 0.25) is 0 Å². The second-order valence-electron chi connectivity index (χ2n) is 4.16. The van der Waals surface area contributed by atoms with Crippen LogP contribution in [-0.4, -0.2) is 17.1 Å². The largest absolute Gasteiger partial charge is 0.480 e. The van der Waals surface area contributed by atoms with Gasteiger partial charge in [0.15, 0.2) is 0 Å². The summed E-state index contributed by atoms with van der Waals surface area (Å²) in [5.41, 5.74) is 1.56. The summed E-state index contributed by atoms with van der Waals surface area (Å²) in [6.07, 6.45) is 1.63. The van der Waals surface area contributed by atoms with Crippen molar-refractivity contribution >= 4 is 10.8 Å². The van der Waals surface area contributed by atoms with Gasteiger partial charge in [-0.25, -0.2) is 4.98 Å². The highest BCUT2D eigenvalue weighted by Crippen LogP contribution is 2.23. The van der Waals surface area contributed by atoms with Crippen molar-refractivity contribution in [3.8, 4) is 17.1 Å². The summed E-state index contributed by atoms with van der Waals surface area (Å²) in [5, 5.41) is 1.29. The van der Waals surface area contributed by atoms with Crippen LogP contribution in [0, 0.1) is 0 Å². The average molecular weight is 252 g/mol. The van der Waals surface area contributed by atoms with Gasteiger partial charge in [-0.2, -0.15) is 0 Å². The molecule has 0 saturated carbocycles. The predicted molar refractivity (Wildman–Crippen MR) is 74.4 cm³/mol. The molecule has 0 spiro atoms. The van der Waals surface area contributed by atoms with Crippen LogP contribution in [0.1, 0.15) is 0 Å². The van der Waals surface area contributed by atoms with E-state index in [0.29, 0.717) is 11.3 Å². The Labute approximate surface area is 109 Å². The molecule has 0 atom stereocenters. The Morgan fingerprint density at radius 1 is 1.16 bits per heavy atom. The van der Waals surface area contributed by atoms with Crippen LogP contribution in [0.4, 0.5) is 0 Å². The van der Waals surface area contributed by atoms with Gasteiger partial charge >= 0.3 is 0 Å². The molecular formula is C15H12N2O2. The fourth-order valence-electron chi connectivity index (χ4n) is 2.11. The van der Waals surface area contributed by atoms with Gasteiger partial charge in [0.2, 0.25) is 5.88 Å². The van der Waals surface area contributed by atoms with Crippen molar-refractivity contribution in [1.29, 1.82) is 0 Å². The lowest BCUT2D eigenvalue weighted by Gasteiger charge is -2.06. The average Bonchev–Trinajstić information content (AvgIpc) is 2.47. The molecule has 3 rings (SSSR count). The smallest absolute Gasteiger partial charge is 0.261 e. The third-order valence-electron chi connectivity index (χ3n) is 3.00. The zero-order valence-corrected chi connectivity index (χ0v) is 10.4. The number of H-pyrrole nitrogens is 1. The zero-order valence-electron chi connectivity index (χ0n) is 10.4. The monoisotopic (exact) mass is 252 g/mol. The molecule has 0 aliphatic carbocycles. The van der Waals surface area contributed by atoms with Crippen LogP contribution < -0.4 is 10.3 Å². The van der Waals surface area contributed by atoms with Crippen LogP contribution >= 0.6 is 0 Å². The van der Waals surface area contributed by atoms with Crippen molar-refractivity contribution in [3.05, 3.63) is 59.0 Å². The molecule has 4 heteroatoms. The van der Waals surface area contributed by atoms with Crippen molar-refractivity contribution in [3.63, 3.8) is 0 Å². The second kappa shape index (κ2) is 4.57. The summed E-state index contributed by atoms with van der Waals surface area (Å²) in [6, 6.07) is 13.5. The number of nitrogens with one attached hydrogen (secondary N) is 1. The minimum Gasteiger partial charge on any atom is -0.480 e. The van der Waals surface area contributed by atoms with Gasteiger partial charge in [-0.05, 0) is 23.1 Å². The molecule has 2 aromatic heterocycles. The number of fused-ring (bicyclic) bond motifs is 1. The Kier molecular flexibility index (Phi) is 2.76. The first kappa shape index (κ1) is 11.5. The number of hydrogen-bond acceptors (Lipinski definition) is 3. The molecule has 0 aliphatic heterocycles. The summed E-state index contributed by atoms with van der Waals surface area (Å²) in [7, 11) is 1.51. The minimum absolute atomic E-state index is 0.193. The molecule has 0 amide bonds. The van der Waals surface area contributed by atoms with Gasteiger partial charge in [-0.1, -0.05) is 30.3 Å². The third kappa shape index (κ3) is 1.97. The van der Waals surface area contributed by atoms with Gasteiger partial charge < -0.3 is 9.72 Å². The van der Waals surface area contributed by atoms with Crippen molar-refractivity contribution in [2.45, 2.75) is 0 Å². The first-order chi connectivity index (χ1) is 9.29. The number of benzene rings is 1. The van der Waals surface area contributed by atoms with E-state index in [1.54, 1.807) is 12.3 Å². The fraction of sp³-hybridized carbons (Fsp3) is 0.0667. The van der Waals surface area contributed by atoms with E-state index in [1.165, 1.54) is 7.11 Å². The first-order valence-electron chi connectivity index (χ1n) is 5.91. The van der Waals surface area contributed by atoms with E-state index in [0.717, 1.165) is 16.6 Å². The Bertz CT molecular complexity index is 779. The maximum absolute atomic E-state index is 12.2. The highest BCUT2D eigenvalue weighted by molar-refractivity contribution is 5.88. The van der Waals surface area contributed by atoms with Crippen molar-refractivity contribution in [2.75, 3.05) is 7.11 Å². The van der Waals surface area contributed by atoms with Crippen LogP contribution in [0.25, 0.3) is 22.0 Å². The minimum atomic E-state index is -0.193. The topological polar surface area (TPSA) is 55.0 Å². The molecule has 19 heavy (non-hydrogen) atoms. The van der Waals surface area contributed by atoms with Crippen LogP contribution in [0.5, 0.6) is 5.88 Å². The summed E-state index contributed by atoms with van der Waals surface area (Å²) in [6.45, 7) is 0. The third-order valence-corrected chi connectivity index (χ3v) is 3.00. The number of nitrogens with zero attached hydrogens (tertiary/aromatic N) is 1. The van der Waals surface area contributed by atoms with E-state index in [1.807, 2.05) is 36.4 Å². The molecule has 1 aromatic carbocycles. The molecule has 0 radical (unpaired) electrons. The summed E-state index contributed by atoms with van der Waals surface area (Å²) in [4.78, 5) is 19.1. The molecule has 0 bridgehead atoms. The van der Waals surface area contributed by atoms with Crippen LogP contribution in [-0.2, 0) is 0 Å². The Hall–Kier alpha value is -2.62. The maximum atomic E-state index is 12.2. The number of methoxy groups -OCH3 is 1. The first-order valence-corrected chi connectivity index (χ1v) is 5.91. The van der Waals surface area contributed by atoms with E-state index >= 15 is 0 Å². The number of hydrogen-bond donors (Lipinski definition) is 1. The standard InChI is InChI=1S/C15H12N2O2/c1-19-15-13-11(7-8-16-15)9-12(17-14(13)18)10-5-3-2-4-6-10/h2-9H,1H3,(H,17,18). The summed E-state index contributed by atoms with van der Waals surface area (Å²) in [5.74, 6) is 0.346. The highest BCUT2D eigenvalue weighted by atomic mass is 16.5. The molecule has 0 unspecified atom stereocenters. The number of rotatable bonds is 2. The van der Waals surface area contributed by atoms with Crippen molar-refractivity contribution in [1.82, 2.24) is 9.97 Å². The molecular weight excluding hydrogens is 240 g/mol. The lowest BCUT2D eigenvalue weighted by Crippen LogP contribution is -2.09. The van der Waals surface area contributed by atoms with Gasteiger partial charge in [0.1, 0.15) is 5.39 Å². The van der Waals surface area contributed by atoms with E-state index in [-0.39, 0.29) is 5.56 Å². The van der Waals surface area contributed by atoms with Gasteiger partial charge in [0.25, 0.3) is 5.56 Å². The molecule has 1 N–H and O–H groups in total. The number of aromatic nitrogens is 2. The quantitative estimate of drug-likeness (QED) is 0.762. The van der Waals surface area contributed by atoms with Crippen molar-refractivity contribution in [2.24, 2.45) is 0 Å². The summed E-state index contributed by atoms with van der Waals surface area (Å²) >= 11 is 0. The Morgan fingerprint density at radius 3 is 2.68 bits per heavy atom. The Morgan fingerprint density at radius 2 is 1.95 bits per heavy atom. The zero-order chi connectivity index (χ0) is 13.2. The molecule has 0 fully saturated rings. The second-order valence-corrected chi connectivity index (χ2v) is 4.16. The van der Waals surface area contributed by atoms with Gasteiger partial charge in [-0.3, -0.25) is 4.79 Å². The molecule has 94 valence electrons. The van der Waals surface area contributed by atoms with Crippen LogP contribution in [0.3, 0.4) is 0 Å². The Balaban J connectivity index is 2.30. The van der Waals surface area contributed by atoms with E-state index in [9.17, 15) is 4.79 Å². The lowest BCUT2D eigenvalue weighted by molar-refractivity contribution is 0.403. The normalized spacial score (nSPS) is 10.6. The highest BCUT2D eigenvalue weighted by Gasteiger charge is 2.09. The molecule has 0 saturated heterocycles. The predicted octanol–water partition coefficient (Wildman–Crippen LogP) is 2.60. The van der Waals surface area contributed by atoms with E-state index in [4.69, 9.17) is 4.74 Å². The van der Waals surface area contributed by atoms with Crippen LogP contribution in [0.15, 0.2) is 53.5 Å². The summed E-state index contributed by atoms with van der Waals surface area (Å²) < 4.78 is 5.12. The SMILES string of the molecule is COc1nccc2cc(-c3ccccc3)[nH]c(=O)c12. The van der Waals surface area contributed by atoms with E-state index in [2.05, 4.69) is 9.97 Å². The molecule has 0 aliphatic rings. The maximum Gasteiger partial charge on any atom is 0.261 e. The number of pyridine rings is 2. The molecule has 4 nitrogen and oxygen atoms in total. The van der Waals surface area contributed by atoms with E-state index < -0.39 is 0 Å². The van der Waals surface area contributed by atoms with Gasteiger partial charge in [-0.15, -0.1) is 0 Å². The number of aromatic amines is 1. The molecule has 2 heterocycles. The molecule has 3 aromatic rings. The number of ether oxygens (including phenoxy) is 1. The fourth-order valence-corrected chi connectivity index (χ4v) is 2.11. The van der Waals surface area contributed by atoms with Crippen molar-refractivity contribution < 1.29 is 4.74 Å². The van der Waals surface area contributed by atoms with Gasteiger partial charge in [0, 0.05) is 11.9 Å².